The predicted molar refractivity (Wildman–Crippen MR) is 158 cm³/mol. The fourth-order valence-electron chi connectivity index (χ4n) is 3.89. The standard InChI is InChI=1S/C28H30Cl2N4O6S/c1-4-19(2)31-28(36)20(3)32(17-21-13-14-22(29)15-26(21)30)27(35)18-33(23-9-8-10-24(16-23)34(37)38)41(39,40)25-11-6-5-7-12-25/h5-16,19-20H,4,17-18H2,1-3H3,(H,31,36)/t19-,20+/m1/s1. The number of rotatable bonds is 12. The first-order valence-corrected chi connectivity index (χ1v) is 14.9. The molecule has 2 amide bonds. The smallest absolute Gasteiger partial charge is 0.271 e. The number of sulfonamides is 1. The van der Waals surface area contributed by atoms with E-state index >= 15 is 0 Å². The van der Waals surface area contributed by atoms with Gasteiger partial charge in [0.15, 0.2) is 0 Å². The molecule has 3 rings (SSSR count). The van der Waals surface area contributed by atoms with Crippen molar-refractivity contribution in [2.45, 2.75) is 50.7 Å². The van der Waals surface area contributed by atoms with Gasteiger partial charge in [-0.05, 0) is 56.2 Å². The summed E-state index contributed by atoms with van der Waals surface area (Å²) in [7, 11) is -4.36. The molecule has 0 aromatic heterocycles. The highest BCUT2D eigenvalue weighted by atomic mass is 35.5. The van der Waals surface area contributed by atoms with E-state index in [1.807, 2.05) is 13.8 Å². The second-order valence-electron chi connectivity index (χ2n) is 9.35. The first-order valence-electron chi connectivity index (χ1n) is 12.7. The van der Waals surface area contributed by atoms with E-state index in [2.05, 4.69) is 5.32 Å². The maximum Gasteiger partial charge on any atom is 0.271 e. The number of nitrogens with zero attached hydrogens (tertiary/aromatic N) is 3. The fraction of sp³-hybridized carbons (Fsp3) is 0.286. The molecule has 13 heteroatoms. The van der Waals surface area contributed by atoms with Gasteiger partial charge in [0, 0.05) is 34.8 Å². The molecule has 3 aromatic rings. The van der Waals surface area contributed by atoms with Crippen LogP contribution in [0.4, 0.5) is 11.4 Å². The van der Waals surface area contributed by atoms with Gasteiger partial charge in [-0.2, -0.15) is 0 Å². The highest BCUT2D eigenvalue weighted by Gasteiger charge is 2.33. The summed E-state index contributed by atoms with van der Waals surface area (Å²) in [5.74, 6) is -1.17. The van der Waals surface area contributed by atoms with Crippen molar-refractivity contribution in [3.8, 4) is 0 Å². The Bertz CT molecular complexity index is 1520. The molecule has 0 heterocycles. The predicted octanol–water partition coefficient (Wildman–Crippen LogP) is 5.43. The number of halogens is 2. The number of hydrogen-bond acceptors (Lipinski definition) is 6. The lowest BCUT2D eigenvalue weighted by molar-refractivity contribution is -0.384. The zero-order valence-electron chi connectivity index (χ0n) is 22.7. The third-order valence-electron chi connectivity index (χ3n) is 6.46. The lowest BCUT2D eigenvalue weighted by atomic mass is 10.1. The summed E-state index contributed by atoms with van der Waals surface area (Å²) in [5, 5.41) is 14.9. The maximum atomic E-state index is 13.9. The van der Waals surface area contributed by atoms with Gasteiger partial charge in [-0.1, -0.05) is 60.5 Å². The number of anilines is 1. The minimum atomic E-state index is -4.36. The van der Waals surface area contributed by atoms with E-state index < -0.39 is 39.3 Å². The molecule has 0 fully saturated rings. The van der Waals surface area contributed by atoms with Crippen molar-refractivity contribution in [2.75, 3.05) is 10.8 Å². The van der Waals surface area contributed by atoms with Gasteiger partial charge >= 0.3 is 0 Å². The summed E-state index contributed by atoms with van der Waals surface area (Å²) in [4.78, 5) is 39.0. The molecule has 1 N–H and O–H groups in total. The Balaban J connectivity index is 2.08. The Morgan fingerprint density at radius 2 is 1.68 bits per heavy atom. The van der Waals surface area contributed by atoms with E-state index in [-0.39, 0.29) is 33.9 Å². The summed E-state index contributed by atoms with van der Waals surface area (Å²) in [6.45, 7) is 4.38. The van der Waals surface area contributed by atoms with E-state index in [9.17, 15) is 28.1 Å². The Labute approximate surface area is 249 Å². The molecule has 2 atom stereocenters. The minimum absolute atomic E-state index is 0.0856. The zero-order valence-corrected chi connectivity index (χ0v) is 25.0. The van der Waals surface area contributed by atoms with Gasteiger partial charge in [0.05, 0.1) is 15.5 Å². The van der Waals surface area contributed by atoms with Crippen LogP contribution in [0.2, 0.25) is 10.0 Å². The van der Waals surface area contributed by atoms with Gasteiger partial charge in [-0.25, -0.2) is 8.42 Å². The van der Waals surface area contributed by atoms with Crippen LogP contribution in [0.3, 0.4) is 0 Å². The normalized spacial score (nSPS) is 12.7. The van der Waals surface area contributed by atoms with E-state index in [0.29, 0.717) is 17.0 Å². The molecule has 41 heavy (non-hydrogen) atoms. The Morgan fingerprint density at radius 1 is 1.00 bits per heavy atom. The maximum absolute atomic E-state index is 13.9. The first-order chi connectivity index (χ1) is 19.3. The lowest BCUT2D eigenvalue weighted by Gasteiger charge is -2.32. The topological polar surface area (TPSA) is 130 Å². The fourth-order valence-corrected chi connectivity index (χ4v) is 5.79. The second-order valence-corrected chi connectivity index (χ2v) is 12.1. The number of nitrogens with one attached hydrogen (secondary N) is 1. The number of nitro benzene ring substituents is 1. The van der Waals surface area contributed by atoms with Crippen LogP contribution in [0.15, 0.2) is 77.7 Å². The molecular weight excluding hydrogens is 591 g/mol. The molecule has 0 aliphatic carbocycles. The Kier molecular flexibility index (Phi) is 10.7. The average Bonchev–Trinajstić information content (AvgIpc) is 2.95. The number of benzene rings is 3. The summed E-state index contributed by atoms with van der Waals surface area (Å²) in [5.41, 5.74) is 0.0484. The van der Waals surface area contributed by atoms with Gasteiger partial charge in [0.1, 0.15) is 12.6 Å². The Hall–Kier alpha value is -3.67. The quantitative estimate of drug-likeness (QED) is 0.212. The van der Waals surface area contributed by atoms with Crippen molar-refractivity contribution in [3.63, 3.8) is 0 Å². The van der Waals surface area contributed by atoms with Gasteiger partial charge in [0.25, 0.3) is 15.7 Å². The molecule has 0 spiro atoms. The number of carbonyl (C=O) groups excluding carboxylic acids is 2. The van der Waals surface area contributed by atoms with Crippen LogP contribution < -0.4 is 9.62 Å². The molecule has 3 aromatic carbocycles. The molecule has 0 saturated carbocycles. The van der Waals surface area contributed by atoms with E-state index in [1.54, 1.807) is 18.2 Å². The highest BCUT2D eigenvalue weighted by Crippen LogP contribution is 2.28. The average molecular weight is 622 g/mol. The van der Waals surface area contributed by atoms with Crippen molar-refractivity contribution in [1.82, 2.24) is 10.2 Å². The van der Waals surface area contributed by atoms with Gasteiger partial charge in [-0.3, -0.25) is 24.0 Å². The molecule has 0 unspecified atom stereocenters. The van der Waals surface area contributed by atoms with Crippen LogP contribution in [-0.4, -0.2) is 48.7 Å². The zero-order chi connectivity index (χ0) is 30.3. The molecule has 0 bridgehead atoms. The molecule has 0 saturated heterocycles. The molecule has 0 aliphatic heterocycles. The van der Waals surface area contributed by atoms with Crippen LogP contribution >= 0.6 is 23.2 Å². The van der Waals surface area contributed by atoms with E-state index in [0.717, 1.165) is 10.4 Å². The molecule has 10 nitrogen and oxygen atoms in total. The molecule has 218 valence electrons. The van der Waals surface area contributed by atoms with Crippen LogP contribution in [0.1, 0.15) is 32.8 Å². The van der Waals surface area contributed by atoms with Crippen LogP contribution in [0.25, 0.3) is 0 Å². The molecule has 0 aliphatic rings. The lowest BCUT2D eigenvalue weighted by Crippen LogP contribution is -2.52. The van der Waals surface area contributed by atoms with Crippen molar-refractivity contribution < 1.29 is 22.9 Å². The molecule has 0 radical (unpaired) electrons. The highest BCUT2D eigenvalue weighted by molar-refractivity contribution is 7.92. The third kappa shape index (κ3) is 7.96. The second kappa shape index (κ2) is 13.8. The summed E-state index contributed by atoms with van der Waals surface area (Å²) in [6.07, 6.45) is 0.658. The molecular formula is C28H30Cl2N4O6S. The van der Waals surface area contributed by atoms with Gasteiger partial charge in [0.2, 0.25) is 11.8 Å². The van der Waals surface area contributed by atoms with Crippen molar-refractivity contribution in [3.05, 3.63) is 98.5 Å². The van der Waals surface area contributed by atoms with Crippen LogP contribution in [-0.2, 0) is 26.2 Å². The van der Waals surface area contributed by atoms with Gasteiger partial charge in [-0.15, -0.1) is 0 Å². The number of non-ortho nitro benzene ring substituents is 1. The van der Waals surface area contributed by atoms with Crippen LogP contribution in [0, 0.1) is 10.1 Å². The summed E-state index contributed by atoms with van der Waals surface area (Å²) >= 11 is 12.4. The largest absolute Gasteiger partial charge is 0.352 e. The van der Waals surface area contributed by atoms with E-state index in [1.165, 1.54) is 60.4 Å². The van der Waals surface area contributed by atoms with Crippen molar-refractivity contribution >= 4 is 56.4 Å². The Morgan fingerprint density at radius 3 is 2.29 bits per heavy atom. The summed E-state index contributed by atoms with van der Waals surface area (Å²) in [6, 6.07) is 15.9. The minimum Gasteiger partial charge on any atom is -0.352 e. The van der Waals surface area contributed by atoms with Crippen LogP contribution in [0.5, 0.6) is 0 Å². The van der Waals surface area contributed by atoms with Crippen molar-refractivity contribution in [2.24, 2.45) is 0 Å². The third-order valence-corrected chi connectivity index (χ3v) is 8.84. The number of hydrogen-bond donors (Lipinski definition) is 1. The summed E-state index contributed by atoms with van der Waals surface area (Å²) < 4.78 is 28.4. The monoisotopic (exact) mass is 620 g/mol. The van der Waals surface area contributed by atoms with Crippen molar-refractivity contribution in [1.29, 1.82) is 0 Å². The van der Waals surface area contributed by atoms with E-state index in [4.69, 9.17) is 23.2 Å². The van der Waals surface area contributed by atoms with Gasteiger partial charge < -0.3 is 10.2 Å². The SMILES string of the molecule is CC[C@@H](C)NC(=O)[C@H](C)N(Cc1ccc(Cl)cc1Cl)C(=O)CN(c1cccc([N+](=O)[O-])c1)S(=O)(=O)c1ccccc1. The number of carbonyl (C=O) groups is 2. The first kappa shape index (κ1) is 31.9. The number of nitro groups is 1. The number of amides is 2.